The Morgan fingerprint density at radius 2 is 2.08 bits per heavy atom. The van der Waals surface area contributed by atoms with Crippen molar-refractivity contribution in [2.75, 3.05) is 12.0 Å². The Morgan fingerprint density at radius 3 is 2.46 bits per heavy atom. The number of hydrogen-bond acceptors (Lipinski definition) is 5. The van der Waals surface area contributed by atoms with Crippen LogP contribution in [-0.4, -0.2) is 30.0 Å². The molecule has 1 unspecified atom stereocenters. The number of nitrogens with two attached hydrogens (primary N) is 1. The molecule has 0 saturated heterocycles. The SMILES string of the molecule is CSCCC(N)C(=O)OC(C)=O.[Zn]. The Morgan fingerprint density at radius 1 is 1.54 bits per heavy atom. The van der Waals surface area contributed by atoms with Gasteiger partial charge in [0.15, 0.2) is 0 Å². The first-order valence-electron chi connectivity index (χ1n) is 3.54. The largest absolute Gasteiger partial charge is 0.392 e. The molecule has 0 amide bonds. The van der Waals surface area contributed by atoms with E-state index in [4.69, 9.17) is 5.73 Å². The summed E-state index contributed by atoms with van der Waals surface area (Å²) in [7, 11) is 0. The first kappa shape index (κ1) is 15.5. The van der Waals surface area contributed by atoms with Crippen molar-refractivity contribution in [3.05, 3.63) is 0 Å². The summed E-state index contributed by atoms with van der Waals surface area (Å²) in [6, 6.07) is -0.679. The number of carbonyl (C=O) groups is 2. The van der Waals surface area contributed by atoms with Gasteiger partial charge in [-0.25, -0.2) is 4.79 Å². The molecule has 0 aliphatic rings. The molecule has 72 valence electrons. The van der Waals surface area contributed by atoms with Crippen LogP contribution in [0.1, 0.15) is 13.3 Å². The van der Waals surface area contributed by atoms with E-state index in [1.165, 1.54) is 6.92 Å². The van der Waals surface area contributed by atoms with Crippen LogP contribution in [0.25, 0.3) is 0 Å². The summed E-state index contributed by atoms with van der Waals surface area (Å²) in [5.74, 6) is -0.468. The molecule has 0 spiro atoms. The predicted molar refractivity (Wildman–Crippen MR) is 47.7 cm³/mol. The average molecular weight is 257 g/mol. The summed E-state index contributed by atoms with van der Waals surface area (Å²) in [5, 5.41) is 0. The van der Waals surface area contributed by atoms with E-state index < -0.39 is 18.0 Å². The fourth-order valence-electron chi connectivity index (χ4n) is 0.580. The van der Waals surface area contributed by atoms with Crippen LogP contribution >= 0.6 is 11.8 Å². The van der Waals surface area contributed by atoms with Gasteiger partial charge < -0.3 is 10.5 Å². The van der Waals surface area contributed by atoms with Gasteiger partial charge in [-0.1, -0.05) is 0 Å². The number of thioether (sulfide) groups is 1. The number of hydrogen-bond donors (Lipinski definition) is 1. The zero-order valence-corrected chi connectivity index (χ0v) is 11.7. The molecule has 1 atom stereocenters. The third kappa shape index (κ3) is 8.40. The first-order valence-corrected chi connectivity index (χ1v) is 4.94. The van der Waals surface area contributed by atoms with Crippen molar-refractivity contribution in [2.45, 2.75) is 19.4 Å². The second-order valence-electron chi connectivity index (χ2n) is 2.30. The summed E-state index contributed by atoms with van der Waals surface area (Å²) in [6.45, 7) is 1.18. The molecule has 0 aromatic heterocycles. The van der Waals surface area contributed by atoms with Gasteiger partial charge in [-0.2, -0.15) is 11.8 Å². The summed E-state index contributed by atoms with van der Waals surface area (Å²) in [5.41, 5.74) is 5.41. The number of carbonyl (C=O) groups excluding carboxylic acids is 2. The topological polar surface area (TPSA) is 69.4 Å². The maximum absolute atomic E-state index is 10.9. The molecule has 0 saturated carbocycles. The molecular weight excluding hydrogens is 244 g/mol. The molecule has 0 aromatic rings. The minimum Gasteiger partial charge on any atom is -0.392 e. The Hall–Kier alpha value is 0.0734. The van der Waals surface area contributed by atoms with E-state index in [1.807, 2.05) is 6.26 Å². The summed E-state index contributed by atoms with van der Waals surface area (Å²) < 4.78 is 4.30. The second-order valence-corrected chi connectivity index (χ2v) is 3.29. The van der Waals surface area contributed by atoms with Gasteiger partial charge in [0.2, 0.25) is 0 Å². The van der Waals surface area contributed by atoms with Crippen molar-refractivity contribution in [1.29, 1.82) is 0 Å². The van der Waals surface area contributed by atoms with Crippen LogP contribution in [0.4, 0.5) is 0 Å². The van der Waals surface area contributed by atoms with E-state index in [2.05, 4.69) is 4.74 Å². The van der Waals surface area contributed by atoms with Crippen molar-refractivity contribution in [1.82, 2.24) is 0 Å². The molecule has 0 radical (unpaired) electrons. The maximum atomic E-state index is 10.9. The molecule has 2 N–H and O–H groups in total. The average Bonchev–Trinajstić information content (AvgIpc) is 1.98. The van der Waals surface area contributed by atoms with Gasteiger partial charge in [0, 0.05) is 26.4 Å². The van der Waals surface area contributed by atoms with Gasteiger partial charge in [-0.15, -0.1) is 0 Å². The Bertz CT molecular complexity index is 177. The second kappa shape index (κ2) is 8.66. The van der Waals surface area contributed by atoms with Crippen LogP contribution < -0.4 is 5.73 Å². The van der Waals surface area contributed by atoms with E-state index >= 15 is 0 Å². The van der Waals surface area contributed by atoms with Crippen LogP contribution in [0.5, 0.6) is 0 Å². The summed E-state index contributed by atoms with van der Waals surface area (Å²) in [6.07, 6.45) is 2.45. The zero-order valence-electron chi connectivity index (χ0n) is 7.91. The van der Waals surface area contributed by atoms with Gasteiger partial charge in [0.05, 0.1) is 0 Å². The summed E-state index contributed by atoms with van der Waals surface area (Å²) >= 11 is 1.59. The van der Waals surface area contributed by atoms with Crippen LogP contribution in [0.2, 0.25) is 0 Å². The molecule has 0 aromatic carbocycles. The van der Waals surface area contributed by atoms with Crippen molar-refractivity contribution in [3.8, 4) is 0 Å². The minimum atomic E-state index is -0.679. The van der Waals surface area contributed by atoms with E-state index in [9.17, 15) is 9.59 Å². The van der Waals surface area contributed by atoms with Crippen molar-refractivity contribution in [2.24, 2.45) is 5.73 Å². The van der Waals surface area contributed by atoms with Crippen molar-refractivity contribution >= 4 is 23.7 Å². The quantitative estimate of drug-likeness (QED) is 0.441. The number of ether oxygens (including phenoxy) is 1. The molecule has 4 nitrogen and oxygen atoms in total. The van der Waals surface area contributed by atoms with Gasteiger partial charge in [-0.05, 0) is 18.4 Å². The molecule has 0 rings (SSSR count). The molecule has 13 heavy (non-hydrogen) atoms. The minimum absolute atomic E-state index is 0. The van der Waals surface area contributed by atoms with Crippen LogP contribution in [0, 0.1) is 0 Å². The van der Waals surface area contributed by atoms with E-state index in [-0.39, 0.29) is 19.5 Å². The number of esters is 2. The molecule has 0 aliphatic carbocycles. The summed E-state index contributed by atoms with van der Waals surface area (Å²) in [4.78, 5) is 21.2. The maximum Gasteiger partial charge on any atom is 0.330 e. The molecule has 6 heteroatoms. The van der Waals surface area contributed by atoms with E-state index in [0.29, 0.717) is 6.42 Å². The van der Waals surface area contributed by atoms with Crippen molar-refractivity contribution in [3.63, 3.8) is 0 Å². The van der Waals surface area contributed by atoms with Crippen LogP contribution in [0.3, 0.4) is 0 Å². The van der Waals surface area contributed by atoms with Crippen molar-refractivity contribution < 1.29 is 33.8 Å². The third-order valence-corrected chi connectivity index (χ3v) is 1.82. The van der Waals surface area contributed by atoms with E-state index in [0.717, 1.165) is 5.75 Å². The van der Waals surface area contributed by atoms with Gasteiger partial charge in [-0.3, -0.25) is 4.79 Å². The molecule has 0 bridgehead atoms. The molecule has 0 fully saturated rings. The fourth-order valence-corrected chi connectivity index (χ4v) is 1.07. The predicted octanol–water partition coefficient (Wildman–Crippen LogP) is 0.154. The Labute approximate surface area is 94.7 Å². The fraction of sp³-hybridized carbons (Fsp3) is 0.714. The molecular formula is C7H13NO3SZn. The van der Waals surface area contributed by atoms with E-state index in [1.54, 1.807) is 11.8 Å². The smallest absolute Gasteiger partial charge is 0.330 e. The van der Waals surface area contributed by atoms with Gasteiger partial charge in [0.25, 0.3) is 0 Å². The molecule has 0 aliphatic heterocycles. The van der Waals surface area contributed by atoms with Gasteiger partial charge in [0.1, 0.15) is 6.04 Å². The van der Waals surface area contributed by atoms with Crippen LogP contribution in [0.15, 0.2) is 0 Å². The first-order chi connectivity index (χ1) is 5.57. The van der Waals surface area contributed by atoms with Gasteiger partial charge >= 0.3 is 11.9 Å². The van der Waals surface area contributed by atoms with Crippen LogP contribution in [-0.2, 0) is 33.8 Å². The Balaban J connectivity index is 0. The monoisotopic (exact) mass is 255 g/mol. The number of rotatable bonds is 4. The third-order valence-electron chi connectivity index (χ3n) is 1.18. The standard InChI is InChI=1S/C7H13NO3S.Zn/c1-5(9)11-7(10)6(8)3-4-12-2;/h6H,3-4,8H2,1-2H3;. The normalized spacial score (nSPS) is 11.3. The zero-order chi connectivity index (χ0) is 9.56. The molecule has 0 heterocycles. The Kier molecular flexibility index (Phi) is 10.4.